The first kappa shape index (κ1) is 18.4. The van der Waals surface area contributed by atoms with Crippen molar-refractivity contribution in [2.24, 2.45) is 18.7 Å². The van der Waals surface area contributed by atoms with Gasteiger partial charge in [0, 0.05) is 33.2 Å². The average Bonchev–Trinajstić information content (AvgIpc) is 2.95. The van der Waals surface area contributed by atoms with Crippen molar-refractivity contribution in [3.05, 3.63) is 12.5 Å². The van der Waals surface area contributed by atoms with E-state index in [0.29, 0.717) is 13.1 Å². The molecule has 3 rings (SSSR count). The van der Waals surface area contributed by atoms with E-state index >= 15 is 0 Å². The summed E-state index contributed by atoms with van der Waals surface area (Å²) in [6.07, 6.45) is 3.35. The van der Waals surface area contributed by atoms with E-state index in [4.69, 9.17) is 5.73 Å². The van der Waals surface area contributed by atoms with Gasteiger partial charge in [0.15, 0.2) is 5.65 Å². The molecule has 1 aliphatic heterocycles. The predicted octanol–water partition coefficient (Wildman–Crippen LogP) is 0.417. The fourth-order valence-corrected chi connectivity index (χ4v) is 2.84. The van der Waals surface area contributed by atoms with Crippen LogP contribution in [0.25, 0.3) is 11.0 Å². The van der Waals surface area contributed by atoms with Gasteiger partial charge in [0.25, 0.3) is 0 Å². The highest BCUT2D eigenvalue weighted by Gasteiger charge is 2.28. The molecule has 1 fully saturated rings. The van der Waals surface area contributed by atoms with E-state index in [1.54, 1.807) is 17.2 Å². The number of rotatable bonds is 3. The topological polar surface area (TPSA) is 93.2 Å². The number of nitrogens with two attached hydrogens (primary N) is 1. The molecule has 1 aliphatic rings. The van der Waals surface area contributed by atoms with Crippen molar-refractivity contribution in [3.63, 3.8) is 0 Å². The van der Waals surface area contributed by atoms with Crippen molar-refractivity contribution < 1.29 is 4.79 Å². The molecular weight excluding hydrogens is 330 g/mol. The van der Waals surface area contributed by atoms with Crippen molar-refractivity contribution in [1.29, 1.82) is 0 Å². The van der Waals surface area contributed by atoms with Crippen LogP contribution in [0.2, 0.25) is 0 Å². The van der Waals surface area contributed by atoms with Gasteiger partial charge < -0.3 is 15.5 Å². The van der Waals surface area contributed by atoms with Crippen molar-refractivity contribution in [1.82, 2.24) is 24.6 Å². The maximum absolute atomic E-state index is 12.3. The van der Waals surface area contributed by atoms with E-state index in [2.05, 4.69) is 20.0 Å². The third kappa shape index (κ3) is 3.29. The number of carbonyl (C=O) groups excluding carboxylic acids is 1. The number of carbonyl (C=O) groups is 1. The minimum absolute atomic E-state index is 0. The van der Waals surface area contributed by atoms with Gasteiger partial charge in [0.1, 0.15) is 12.1 Å². The smallest absolute Gasteiger partial charge is 0.239 e. The molecular formula is C15H24ClN7O. The molecule has 2 N–H and O–H groups in total. The number of hydrogen-bond acceptors (Lipinski definition) is 6. The zero-order valence-corrected chi connectivity index (χ0v) is 15.0. The van der Waals surface area contributed by atoms with Gasteiger partial charge in [0.2, 0.25) is 5.91 Å². The summed E-state index contributed by atoms with van der Waals surface area (Å²) in [5.74, 6) is 1.06. The molecule has 132 valence electrons. The fraction of sp³-hybridized carbons (Fsp3) is 0.600. The second kappa shape index (κ2) is 7.31. The quantitative estimate of drug-likeness (QED) is 0.859. The SMILES string of the molecule is CC(C)[C@H](N)C(=O)N1CCN(c2ncnc3c2cnn3C)CC1.Cl. The zero-order valence-electron chi connectivity index (χ0n) is 14.2. The summed E-state index contributed by atoms with van der Waals surface area (Å²) < 4.78 is 1.74. The molecule has 0 aliphatic carbocycles. The molecule has 2 aromatic heterocycles. The number of aryl methyl sites for hydroxylation is 1. The minimum atomic E-state index is -0.425. The molecule has 1 saturated heterocycles. The van der Waals surface area contributed by atoms with Crippen molar-refractivity contribution >= 4 is 35.2 Å². The van der Waals surface area contributed by atoms with Gasteiger partial charge in [-0.25, -0.2) is 9.97 Å². The summed E-state index contributed by atoms with van der Waals surface area (Å²) in [7, 11) is 1.86. The van der Waals surface area contributed by atoms with Crippen LogP contribution in [0.15, 0.2) is 12.5 Å². The van der Waals surface area contributed by atoms with Crippen LogP contribution in [-0.2, 0) is 11.8 Å². The molecule has 8 nitrogen and oxygen atoms in total. The van der Waals surface area contributed by atoms with Gasteiger partial charge in [-0.3, -0.25) is 9.48 Å². The maximum atomic E-state index is 12.3. The molecule has 1 amide bonds. The summed E-state index contributed by atoms with van der Waals surface area (Å²) in [5.41, 5.74) is 6.79. The highest BCUT2D eigenvalue weighted by molar-refractivity contribution is 5.87. The lowest BCUT2D eigenvalue weighted by atomic mass is 10.0. The first-order valence-electron chi connectivity index (χ1n) is 7.91. The van der Waals surface area contributed by atoms with Gasteiger partial charge in [-0.1, -0.05) is 13.8 Å². The molecule has 1 atom stereocenters. The third-order valence-corrected chi connectivity index (χ3v) is 4.40. The highest BCUT2D eigenvalue weighted by Crippen LogP contribution is 2.23. The number of piperazine rings is 1. The molecule has 0 bridgehead atoms. The zero-order chi connectivity index (χ0) is 16.6. The van der Waals surface area contributed by atoms with Crippen LogP contribution in [0.1, 0.15) is 13.8 Å². The molecule has 2 aromatic rings. The lowest BCUT2D eigenvalue weighted by Gasteiger charge is -2.37. The second-order valence-electron chi connectivity index (χ2n) is 6.28. The summed E-state index contributed by atoms with van der Waals surface area (Å²) in [4.78, 5) is 25.0. The van der Waals surface area contributed by atoms with Crippen molar-refractivity contribution in [3.8, 4) is 0 Å². The Labute approximate surface area is 147 Å². The summed E-state index contributed by atoms with van der Waals surface area (Å²) >= 11 is 0. The average molecular weight is 354 g/mol. The molecule has 9 heteroatoms. The monoisotopic (exact) mass is 353 g/mol. The van der Waals surface area contributed by atoms with E-state index in [-0.39, 0.29) is 24.2 Å². The number of halogens is 1. The van der Waals surface area contributed by atoms with E-state index in [1.807, 2.05) is 25.8 Å². The van der Waals surface area contributed by atoms with Crippen LogP contribution in [0, 0.1) is 5.92 Å². The van der Waals surface area contributed by atoms with E-state index in [0.717, 1.165) is 29.9 Å². The largest absolute Gasteiger partial charge is 0.352 e. The molecule has 0 radical (unpaired) electrons. The van der Waals surface area contributed by atoms with Crippen LogP contribution in [0.5, 0.6) is 0 Å². The van der Waals surface area contributed by atoms with Crippen LogP contribution in [0.4, 0.5) is 5.82 Å². The first-order chi connectivity index (χ1) is 11.0. The van der Waals surface area contributed by atoms with Crippen molar-refractivity contribution in [2.75, 3.05) is 31.1 Å². The summed E-state index contributed by atoms with van der Waals surface area (Å²) in [5, 5.41) is 5.18. The third-order valence-electron chi connectivity index (χ3n) is 4.40. The predicted molar refractivity (Wildman–Crippen MR) is 95.2 cm³/mol. The Balaban J connectivity index is 0.00000208. The van der Waals surface area contributed by atoms with Gasteiger partial charge in [0.05, 0.1) is 17.6 Å². The Morgan fingerprint density at radius 3 is 2.50 bits per heavy atom. The van der Waals surface area contributed by atoms with Crippen molar-refractivity contribution in [2.45, 2.75) is 19.9 Å². The normalized spacial score (nSPS) is 16.4. The number of hydrogen-bond donors (Lipinski definition) is 1. The molecule has 0 saturated carbocycles. The Morgan fingerprint density at radius 2 is 1.88 bits per heavy atom. The van der Waals surface area contributed by atoms with Crippen LogP contribution in [-0.4, -0.2) is 62.8 Å². The van der Waals surface area contributed by atoms with E-state index in [1.165, 1.54) is 0 Å². The van der Waals surface area contributed by atoms with Crippen LogP contribution >= 0.6 is 12.4 Å². The Kier molecular flexibility index (Phi) is 5.61. The van der Waals surface area contributed by atoms with Crippen LogP contribution < -0.4 is 10.6 Å². The van der Waals surface area contributed by atoms with Gasteiger partial charge in [-0.05, 0) is 5.92 Å². The fourth-order valence-electron chi connectivity index (χ4n) is 2.84. The second-order valence-corrected chi connectivity index (χ2v) is 6.28. The van der Waals surface area contributed by atoms with Gasteiger partial charge in [-0.2, -0.15) is 5.10 Å². The summed E-state index contributed by atoms with van der Waals surface area (Å²) in [6, 6.07) is -0.425. The Morgan fingerprint density at radius 1 is 1.21 bits per heavy atom. The van der Waals surface area contributed by atoms with E-state index < -0.39 is 6.04 Å². The Hall–Kier alpha value is -1.93. The molecule has 0 aromatic carbocycles. The number of anilines is 1. The molecule has 24 heavy (non-hydrogen) atoms. The lowest BCUT2D eigenvalue weighted by Crippen LogP contribution is -2.54. The lowest BCUT2D eigenvalue weighted by molar-refractivity contribution is -0.133. The highest BCUT2D eigenvalue weighted by atomic mass is 35.5. The number of aromatic nitrogens is 4. The maximum Gasteiger partial charge on any atom is 0.239 e. The minimum Gasteiger partial charge on any atom is -0.352 e. The van der Waals surface area contributed by atoms with E-state index in [9.17, 15) is 4.79 Å². The molecule has 3 heterocycles. The number of amides is 1. The number of nitrogens with zero attached hydrogens (tertiary/aromatic N) is 6. The molecule has 0 spiro atoms. The first-order valence-corrected chi connectivity index (χ1v) is 7.91. The van der Waals surface area contributed by atoms with Crippen LogP contribution in [0.3, 0.4) is 0 Å². The standard InChI is InChI=1S/C15H23N7O.ClH/c1-10(2)12(16)15(23)22-6-4-21(5-7-22)14-11-8-19-20(3)13(11)17-9-18-14;/h8-10,12H,4-7,16H2,1-3H3;1H/t12-;/m0./s1. The summed E-state index contributed by atoms with van der Waals surface area (Å²) in [6.45, 7) is 6.73. The van der Waals surface area contributed by atoms with Gasteiger partial charge >= 0.3 is 0 Å². The Bertz CT molecular complexity index is 709. The molecule has 0 unspecified atom stereocenters. The van der Waals surface area contributed by atoms with Gasteiger partial charge in [-0.15, -0.1) is 12.4 Å². The number of fused-ring (bicyclic) bond motifs is 1.